The van der Waals surface area contributed by atoms with E-state index in [4.69, 9.17) is 9.84 Å². The molecule has 0 aromatic heterocycles. The molecule has 0 aromatic rings. The Morgan fingerprint density at radius 1 is 1.47 bits per heavy atom. The fraction of sp³-hybridized carbons (Fsp3) is 0.800. The van der Waals surface area contributed by atoms with Gasteiger partial charge in [0.1, 0.15) is 5.41 Å². The van der Waals surface area contributed by atoms with Gasteiger partial charge in [0.25, 0.3) is 0 Å². The molecule has 0 fully saturated rings. The van der Waals surface area contributed by atoms with Crippen LogP contribution in [0.25, 0.3) is 0 Å². The Morgan fingerprint density at radius 2 is 1.93 bits per heavy atom. The Labute approximate surface area is 90.0 Å². The quantitative estimate of drug-likeness (QED) is 0.684. The van der Waals surface area contributed by atoms with Crippen LogP contribution in [0.1, 0.15) is 20.8 Å². The van der Waals surface area contributed by atoms with Crippen molar-refractivity contribution in [2.24, 2.45) is 5.41 Å². The van der Waals surface area contributed by atoms with Crippen LogP contribution in [0.5, 0.6) is 0 Å². The maximum absolute atomic E-state index is 11.8. The standard InChI is InChI=1S/C10H19NO4/c1-7(6-15-5)11(4)8(12)10(2,3)9(13)14/h7H,6H2,1-5H3,(H,13,14). The molecule has 0 bridgehead atoms. The third kappa shape index (κ3) is 3.20. The van der Waals surface area contributed by atoms with Crippen LogP contribution in [-0.2, 0) is 14.3 Å². The van der Waals surface area contributed by atoms with Crippen LogP contribution < -0.4 is 0 Å². The van der Waals surface area contributed by atoms with Gasteiger partial charge in [-0.3, -0.25) is 9.59 Å². The highest BCUT2D eigenvalue weighted by Crippen LogP contribution is 2.19. The smallest absolute Gasteiger partial charge is 0.318 e. The molecule has 1 atom stereocenters. The number of carboxylic acids is 1. The summed E-state index contributed by atoms with van der Waals surface area (Å²) in [6.07, 6.45) is 0. The summed E-state index contributed by atoms with van der Waals surface area (Å²) in [4.78, 5) is 24.1. The third-order valence-corrected chi connectivity index (χ3v) is 2.46. The van der Waals surface area contributed by atoms with E-state index >= 15 is 0 Å². The van der Waals surface area contributed by atoms with Crippen LogP contribution in [0.15, 0.2) is 0 Å². The zero-order valence-electron chi connectivity index (χ0n) is 9.90. The Morgan fingerprint density at radius 3 is 2.27 bits per heavy atom. The molecule has 0 saturated heterocycles. The molecule has 0 aliphatic rings. The summed E-state index contributed by atoms with van der Waals surface area (Å²) in [6, 6.07) is -0.138. The second-order valence-electron chi connectivity index (χ2n) is 4.15. The van der Waals surface area contributed by atoms with E-state index in [-0.39, 0.29) is 6.04 Å². The number of nitrogens with zero attached hydrogens (tertiary/aromatic N) is 1. The minimum atomic E-state index is -1.39. The fourth-order valence-electron chi connectivity index (χ4n) is 1.09. The van der Waals surface area contributed by atoms with Crippen LogP contribution in [0.2, 0.25) is 0 Å². The molecule has 0 heterocycles. The number of amides is 1. The number of rotatable bonds is 5. The molecule has 0 saturated carbocycles. The van der Waals surface area contributed by atoms with Crippen molar-refractivity contribution in [1.82, 2.24) is 4.90 Å². The number of likely N-dealkylation sites (N-methyl/N-ethyl adjacent to an activating group) is 1. The summed E-state index contributed by atoms with van der Waals surface area (Å²) in [5, 5.41) is 8.89. The van der Waals surface area contributed by atoms with E-state index in [0.717, 1.165) is 0 Å². The van der Waals surface area contributed by atoms with Crippen molar-refractivity contribution < 1.29 is 19.4 Å². The average molecular weight is 217 g/mol. The fourth-order valence-corrected chi connectivity index (χ4v) is 1.09. The van der Waals surface area contributed by atoms with Gasteiger partial charge in [-0.15, -0.1) is 0 Å². The molecule has 0 radical (unpaired) electrons. The van der Waals surface area contributed by atoms with Gasteiger partial charge in [0.05, 0.1) is 12.6 Å². The second-order valence-corrected chi connectivity index (χ2v) is 4.15. The Balaban J connectivity index is 4.64. The van der Waals surface area contributed by atoms with E-state index in [9.17, 15) is 9.59 Å². The van der Waals surface area contributed by atoms with Crippen LogP contribution in [0.3, 0.4) is 0 Å². The van der Waals surface area contributed by atoms with Crippen molar-refractivity contribution in [3.05, 3.63) is 0 Å². The van der Waals surface area contributed by atoms with Gasteiger partial charge in [0.15, 0.2) is 0 Å². The Bertz CT molecular complexity index is 250. The van der Waals surface area contributed by atoms with Crippen molar-refractivity contribution in [3.63, 3.8) is 0 Å². The maximum Gasteiger partial charge on any atom is 0.318 e. The van der Waals surface area contributed by atoms with Gasteiger partial charge >= 0.3 is 5.97 Å². The van der Waals surface area contributed by atoms with E-state index in [1.54, 1.807) is 14.0 Å². The highest BCUT2D eigenvalue weighted by Gasteiger charge is 2.39. The number of carbonyl (C=O) groups is 2. The largest absolute Gasteiger partial charge is 0.480 e. The lowest BCUT2D eigenvalue weighted by atomic mass is 9.91. The lowest BCUT2D eigenvalue weighted by Gasteiger charge is -2.30. The number of ether oxygens (including phenoxy) is 1. The number of carbonyl (C=O) groups excluding carboxylic acids is 1. The molecule has 15 heavy (non-hydrogen) atoms. The summed E-state index contributed by atoms with van der Waals surface area (Å²) in [5.74, 6) is -1.54. The monoisotopic (exact) mass is 217 g/mol. The van der Waals surface area contributed by atoms with Crippen molar-refractivity contribution >= 4 is 11.9 Å². The van der Waals surface area contributed by atoms with Crippen molar-refractivity contribution in [3.8, 4) is 0 Å². The van der Waals surface area contributed by atoms with E-state index in [1.807, 2.05) is 0 Å². The zero-order chi connectivity index (χ0) is 12.2. The predicted molar refractivity (Wildman–Crippen MR) is 55.5 cm³/mol. The number of methoxy groups -OCH3 is 1. The average Bonchev–Trinajstić information content (AvgIpc) is 2.15. The molecular formula is C10H19NO4. The first kappa shape index (κ1) is 13.9. The summed E-state index contributed by atoms with van der Waals surface area (Å²) in [7, 11) is 3.12. The first-order valence-corrected chi connectivity index (χ1v) is 4.74. The van der Waals surface area contributed by atoms with Crippen molar-refractivity contribution in [1.29, 1.82) is 0 Å². The van der Waals surface area contributed by atoms with Gasteiger partial charge in [0.2, 0.25) is 5.91 Å². The number of hydrogen-bond donors (Lipinski definition) is 1. The number of carboxylic acid groups (broad SMARTS) is 1. The summed E-state index contributed by atoms with van der Waals surface area (Å²) in [6.45, 7) is 4.98. The van der Waals surface area contributed by atoms with Gasteiger partial charge in [0, 0.05) is 14.2 Å². The van der Waals surface area contributed by atoms with E-state index in [1.165, 1.54) is 25.9 Å². The topological polar surface area (TPSA) is 66.8 Å². The zero-order valence-corrected chi connectivity index (χ0v) is 9.90. The molecule has 0 aliphatic carbocycles. The highest BCUT2D eigenvalue weighted by atomic mass is 16.5. The van der Waals surface area contributed by atoms with Crippen LogP contribution in [0, 0.1) is 5.41 Å². The Kier molecular flexibility index (Phi) is 4.74. The van der Waals surface area contributed by atoms with E-state index < -0.39 is 17.3 Å². The molecule has 5 heteroatoms. The van der Waals surface area contributed by atoms with Gasteiger partial charge in [-0.2, -0.15) is 0 Å². The lowest BCUT2D eigenvalue weighted by Crippen LogP contribution is -2.48. The minimum Gasteiger partial charge on any atom is -0.480 e. The second kappa shape index (κ2) is 5.11. The highest BCUT2D eigenvalue weighted by molar-refractivity contribution is 6.00. The third-order valence-electron chi connectivity index (χ3n) is 2.46. The predicted octanol–water partition coefficient (Wildman–Crippen LogP) is 0.591. The first-order chi connectivity index (χ1) is 6.75. The van der Waals surface area contributed by atoms with Crippen molar-refractivity contribution in [2.75, 3.05) is 20.8 Å². The SMILES string of the molecule is COCC(C)N(C)C(=O)C(C)(C)C(=O)O. The molecule has 1 unspecified atom stereocenters. The van der Waals surface area contributed by atoms with Crippen LogP contribution >= 0.6 is 0 Å². The van der Waals surface area contributed by atoms with Crippen molar-refractivity contribution in [2.45, 2.75) is 26.8 Å². The first-order valence-electron chi connectivity index (χ1n) is 4.74. The van der Waals surface area contributed by atoms with Crippen LogP contribution in [0.4, 0.5) is 0 Å². The molecule has 1 N–H and O–H groups in total. The van der Waals surface area contributed by atoms with E-state index in [2.05, 4.69) is 0 Å². The normalized spacial score (nSPS) is 13.4. The number of aliphatic carboxylic acids is 1. The van der Waals surface area contributed by atoms with E-state index in [0.29, 0.717) is 6.61 Å². The maximum atomic E-state index is 11.8. The molecule has 1 amide bonds. The van der Waals surface area contributed by atoms with Gasteiger partial charge in [-0.05, 0) is 20.8 Å². The molecule has 0 rings (SSSR count). The van der Waals surface area contributed by atoms with Crippen LogP contribution in [-0.4, -0.2) is 48.7 Å². The Hall–Kier alpha value is -1.10. The van der Waals surface area contributed by atoms with Gasteiger partial charge in [-0.1, -0.05) is 0 Å². The number of hydrogen-bond acceptors (Lipinski definition) is 3. The minimum absolute atomic E-state index is 0.138. The summed E-state index contributed by atoms with van der Waals surface area (Å²) < 4.78 is 4.91. The molecule has 0 aliphatic heterocycles. The molecular weight excluding hydrogens is 198 g/mol. The van der Waals surface area contributed by atoms with Gasteiger partial charge < -0.3 is 14.7 Å². The molecule has 88 valence electrons. The molecule has 5 nitrogen and oxygen atoms in total. The van der Waals surface area contributed by atoms with Gasteiger partial charge in [-0.25, -0.2) is 0 Å². The lowest BCUT2D eigenvalue weighted by molar-refractivity contribution is -0.158. The molecule has 0 spiro atoms. The summed E-state index contributed by atoms with van der Waals surface area (Å²) in [5.41, 5.74) is -1.39. The molecule has 0 aromatic carbocycles. The summed E-state index contributed by atoms with van der Waals surface area (Å²) >= 11 is 0.